The van der Waals surface area contributed by atoms with Crippen LogP contribution in [0.4, 0.5) is 5.69 Å². The molecule has 8 heteroatoms. The molecule has 0 atom stereocenters. The van der Waals surface area contributed by atoms with Gasteiger partial charge in [0, 0.05) is 5.69 Å². The van der Waals surface area contributed by atoms with E-state index in [1.807, 2.05) is 0 Å². The average molecular weight is 282 g/mol. The van der Waals surface area contributed by atoms with E-state index in [9.17, 15) is 13.2 Å². The van der Waals surface area contributed by atoms with Gasteiger partial charge in [-0.15, -0.1) is 0 Å². The minimum Gasteiger partial charge on any atom is -0.475 e. The molecule has 0 aromatic carbocycles. The molecule has 0 aliphatic rings. The molecule has 100 valence electrons. The lowest BCUT2D eigenvalue weighted by molar-refractivity contribution is 0.0656. The number of carboxylic acid groups (broad SMARTS) is 1. The van der Waals surface area contributed by atoms with Crippen molar-refractivity contribution in [3.63, 3.8) is 0 Å². The van der Waals surface area contributed by atoms with Gasteiger partial charge in [0.15, 0.2) is 0 Å². The van der Waals surface area contributed by atoms with Gasteiger partial charge in [0.2, 0.25) is 10.9 Å². The number of nitrogens with zero attached hydrogens (tertiary/aromatic N) is 1. The van der Waals surface area contributed by atoms with Crippen LogP contribution in [-0.4, -0.2) is 24.5 Å². The zero-order chi connectivity index (χ0) is 14.0. The van der Waals surface area contributed by atoms with Gasteiger partial charge in [-0.1, -0.05) is 0 Å². The first-order valence-corrected chi connectivity index (χ1v) is 6.65. The van der Waals surface area contributed by atoms with Crippen LogP contribution in [0.25, 0.3) is 0 Å². The Labute approximate surface area is 108 Å². The van der Waals surface area contributed by atoms with E-state index in [-0.39, 0.29) is 5.69 Å². The predicted octanol–water partition coefficient (Wildman–Crippen LogP) is 1.48. The van der Waals surface area contributed by atoms with Crippen molar-refractivity contribution in [3.8, 4) is 0 Å². The van der Waals surface area contributed by atoms with E-state index in [0.29, 0.717) is 0 Å². The number of aromatic nitrogens is 1. The summed E-state index contributed by atoms with van der Waals surface area (Å²) in [5, 5.41) is 8.20. The molecule has 2 rings (SSSR count). The van der Waals surface area contributed by atoms with Gasteiger partial charge < -0.3 is 9.52 Å². The minimum absolute atomic E-state index is 0.263. The van der Waals surface area contributed by atoms with E-state index in [1.54, 1.807) is 19.1 Å². The summed E-state index contributed by atoms with van der Waals surface area (Å²) in [5.74, 6) is -1.78. The number of hydrogen-bond acceptors (Lipinski definition) is 5. The number of aryl methyl sites for hydroxylation is 1. The molecule has 2 N–H and O–H groups in total. The third-order valence-corrected chi connectivity index (χ3v) is 3.47. The summed E-state index contributed by atoms with van der Waals surface area (Å²) in [6, 6.07) is 5.33. The summed E-state index contributed by atoms with van der Waals surface area (Å²) >= 11 is 0. The van der Waals surface area contributed by atoms with Crippen LogP contribution in [0, 0.1) is 6.92 Å². The number of carboxylic acids is 1. The summed E-state index contributed by atoms with van der Waals surface area (Å²) in [7, 11) is -3.96. The first-order valence-electron chi connectivity index (χ1n) is 5.17. The largest absolute Gasteiger partial charge is 0.475 e. The molecule has 0 unspecified atom stereocenters. The lowest BCUT2D eigenvalue weighted by Gasteiger charge is -2.05. The van der Waals surface area contributed by atoms with Gasteiger partial charge in [0.25, 0.3) is 10.0 Å². The van der Waals surface area contributed by atoms with Crippen molar-refractivity contribution in [2.24, 2.45) is 0 Å². The fourth-order valence-electron chi connectivity index (χ4n) is 1.31. The van der Waals surface area contributed by atoms with Crippen molar-refractivity contribution in [2.75, 3.05) is 4.72 Å². The van der Waals surface area contributed by atoms with Gasteiger partial charge in [-0.3, -0.25) is 9.71 Å². The van der Waals surface area contributed by atoms with Crippen molar-refractivity contribution in [2.45, 2.75) is 12.0 Å². The van der Waals surface area contributed by atoms with Crippen molar-refractivity contribution in [3.05, 3.63) is 41.9 Å². The molecule has 0 aliphatic heterocycles. The van der Waals surface area contributed by atoms with Gasteiger partial charge in [-0.05, 0) is 31.2 Å². The van der Waals surface area contributed by atoms with E-state index < -0.39 is 26.8 Å². The summed E-state index contributed by atoms with van der Waals surface area (Å²) in [6.07, 6.45) is 1.36. The summed E-state index contributed by atoms with van der Waals surface area (Å²) in [4.78, 5) is 14.6. The minimum atomic E-state index is -3.96. The highest BCUT2D eigenvalue weighted by Crippen LogP contribution is 2.18. The van der Waals surface area contributed by atoms with Crippen molar-refractivity contribution in [1.29, 1.82) is 0 Å². The predicted molar refractivity (Wildman–Crippen MR) is 65.4 cm³/mol. The third kappa shape index (κ3) is 2.91. The average Bonchev–Trinajstić information content (AvgIpc) is 2.82. The summed E-state index contributed by atoms with van der Waals surface area (Å²) in [6.45, 7) is 1.77. The zero-order valence-electron chi connectivity index (χ0n) is 9.82. The Hall–Kier alpha value is -2.35. The highest BCUT2D eigenvalue weighted by molar-refractivity contribution is 7.92. The number of carbonyl (C=O) groups is 1. The monoisotopic (exact) mass is 282 g/mol. The number of furan rings is 1. The maximum Gasteiger partial charge on any atom is 0.371 e. The van der Waals surface area contributed by atoms with Crippen LogP contribution in [0.2, 0.25) is 0 Å². The number of hydrogen-bond donors (Lipinski definition) is 2. The number of sulfonamides is 1. The van der Waals surface area contributed by atoms with E-state index in [4.69, 9.17) is 9.52 Å². The van der Waals surface area contributed by atoms with Crippen LogP contribution < -0.4 is 4.72 Å². The molecule has 0 spiro atoms. The molecule has 2 aromatic heterocycles. The van der Waals surface area contributed by atoms with Crippen LogP contribution in [0.1, 0.15) is 16.2 Å². The van der Waals surface area contributed by atoms with E-state index in [2.05, 4.69) is 9.71 Å². The fraction of sp³-hybridized carbons (Fsp3) is 0.0909. The molecule has 2 heterocycles. The standard InChI is InChI=1S/C11H10N2O5S/c1-7-2-3-8(6-12-7)13-19(16,17)10-5-4-9(18-10)11(14)15/h2-6,13H,1H3,(H,14,15). The maximum absolute atomic E-state index is 11.9. The highest BCUT2D eigenvalue weighted by Gasteiger charge is 2.21. The summed E-state index contributed by atoms with van der Waals surface area (Å²) in [5.41, 5.74) is 1.01. The lowest BCUT2D eigenvalue weighted by atomic mass is 10.4. The van der Waals surface area contributed by atoms with Gasteiger partial charge in [0.05, 0.1) is 11.9 Å². The third-order valence-electron chi connectivity index (χ3n) is 2.22. The molecule has 0 saturated carbocycles. The molecule has 7 nitrogen and oxygen atoms in total. The van der Waals surface area contributed by atoms with Gasteiger partial charge >= 0.3 is 5.97 Å². The topological polar surface area (TPSA) is 110 Å². The Morgan fingerprint density at radius 2 is 2.05 bits per heavy atom. The number of pyridine rings is 1. The first-order chi connectivity index (χ1) is 8.88. The molecule has 19 heavy (non-hydrogen) atoms. The number of anilines is 1. The Morgan fingerprint density at radius 3 is 2.58 bits per heavy atom. The molecule has 0 fully saturated rings. The zero-order valence-corrected chi connectivity index (χ0v) is 10.6. The lowest BCUT2D eigenvalue weighted by Crippen LogP contribution is -2.12. The molecule has 0 amide bonds. The second kappa shape index (κ2) is 4.73. The maximum atomic E-state index is 11.9. The van der Waals surface area contributed by atoms with E-state index in [1.165, 1.54) is 6.20 Å². The SMILES string of the molecule is Cc1ccc(NS(=O)(=O)c2ccc(C(=O)O)o2)cn1. The van der Waals surface area contributed by atoms with Gasteiger partial charge in [-0.2, -0.15) is 8.42 Å². The molecule has 0 bridgehead atoms. The van der Waals surface area contributed by atoms with E-state index in [0.717, 1.165) is 17.8 Å². The quantitative estimate of drug-likeness (QED) is 0.879. The Morgan fingerprint density at radius 1 is 1.32 bits per heavy atom. The first kappa shape index (κ1) is 13.1. The number of rotatable bonds is 4. The van der Waals surface area contributed by atoms with Crippen LogP contribution in [-0.2, 0) is 10.0 Å². The second-order valence-corrected chi connectivity index (χ2v) is 5.33. The summed E-state index contributed by atoms with van der Waals surface area (Å²) < 4.78 is 30.8. The molecular formula is C11H10N2O5S. The van der Waals surface area contributed by atoms with Gasteiger partial charge in [0.1, 0.15) is 0 Å². The normalized spacial score (nSPS) is 11.2. The van der Waals surface area contributed by atoms with Crippen LogP contribution in [0.5, 0.6) is 0 Å². The fourth-order valence-corrected chi connectivity index (χ4v) is 2.29. The van der Waals surface area contributed by atoms with Crippen LogP contribution in [0.15, 0.2) is 40.0 Å². The Balaban J connectivity index is 2.26. The molecule has 2 aromatic rings. The van der Waals surface area contributed by atoms with Crippen molar-refractivity contribution in [1.82, 2.24) is 4.98 Å². The van der Waals surface area contributed by atoms with Crippen LogP contribution >= 0.6 is 0 Å². The molecule has 0 aliphatic carbocycles. The second-order valence-electron chi connectivity index (χ2n) is 3.72. The van der Waals surface area contributed by atoms with Gasteiger partial charge in [-0.25, -0.2) is 4.79 Å². The van der Waals surface area contributed by atoms with Crippen molar-refractivity contribution < 1.29 is 22.7 Å². The molecule has 0 radical (unpaired) electrons. The van der Waals surface area contributed by atoms with E-state index >= 15 is 0 Å². The molecule has 0 saturated heterocycles. The number of aromatic carboxylic acids is 1. The van der Waals surface area contributed by atoms with Crippen LogP contribution in [0.3, 0.4) is 0 Å². The van der Waals surface area contributed by atoms with Crippen molar-refractivity contribution >= 4 is 21.7 Å². The Bertz CT molecular complexity index is 703. The molecular weight excluding hydrogens is 272 g/mol. The highest BCUT2D eigenvalue weighted by atomic mass is 32.2. The smallest absolute Gasteiger partial charge is 0.371 e. The number of nitrogens with one attached hydrogen (secondary N) is 1. The Kier molecular flexibility index (Phi) is 3.26.